The van der Waals surface area contributed by atoms with Gasteiger partial charge in [0.2, 0.25) is 11.2 Å². The van der Waals surface area contributed by atoms with Gasteiger partial charge in [0.15, 0.2) is 0 Å². The Morgan fingerprint density at radius 2 is 2.00 bits per heavy atom. The molecule has 1 N–H and O–H groups in total. The zero-order valence-electron chi connectivity index (χ0n) is 11.8. The number of aromatic nitrogens is 5. The third-order valence-corrected chi connectivity index (χ3v) is 3.81. The van der Waals surface area contributed by atoms with Crippen molar-refractivity contribution >= 4 is 17.5 Å². The van der Waals surface area contributed by atoms with Crippen LogP contribution in [0.3, 0.4) is 0 Å². The molecule has 0 spiro atoms. The largest absolute Gasteiger partial charge is 0.390 e. The van der Waals surface area contributed by atoms with Gasteiger partial charge in [0, 0.05) is 25.5 Å². The molecule has 1 aliphatic rings. The highest BCUT2D eigenvalue weighted by atomic mass is 35.5. The average molecular weight is 309 g/mol. The van der Waals surface area contributed by atoms with Gasteiger partial charge in [-0.1, -0.05) is 0 Å². The molecule has 7 nitrogen and oxygen atoms in total. The van der Waals surface area contributed by atoms with Gasteiger partial charge >= 0.3 is 0 Å². The molecule has 1 unspecified atom stereocenters. The van der Waals surface area contributed by atoms with Gasteiger partial charge in [-0.3, -0.25) is 0 Å². The molecule has 1 fully saturated rings. The Kier molecular flexibility index (Phi) is 3.77. The first-order valence-electron chi connectivity index (χ1n) is 6.92. The topological polar surface area (TPSA) is 80.0 Å². The predicted molar refractivity (Wildman–Crippen MR) is 78.6 cm³/mol. The number of halogens is 1. The Morgan fingerprint density at radius 3 is 2.76 bits per heavy atom. The van der Waals surface area contributed by atoms with Crippen LogP contribution in [0, 0.1) is 0 Å². The summed E-state index contributed by atoms with van der Waals surface area (Å²) in [7, 11) is 0. The fourth-order valence-corrected chi connectivity index (χ4v) is 2.58. The van der Waals surface area contributed by atoms with Crippen LogP contribution >= 0.6 is 11.6 Å². The maximum atomic E-state index is 10.2. The van der Waals surface area contributed by atoms with Crippen molar-refractivity contribution in [1.82, 2.24) is 24.7 Å². The number of anilines is 1. The number of aliphatic hydroxyl groups is 1. The Bertz CT molecular complexity index is 615. The van der Waals surface area contributed by atoms with E-state index in [-0.39, 0.29) is 5.28 Å². The molecule has 0 bridgehead atoms. The summed E-state index contributed by atoms with van der Waals surface area (Å²) in [4.78, 5) is 14.8. The average Bonchev–Trinajstić information content (AvgIpc) is 2.89. The van der Waals surface area contributed by atoms with Gasteiger partial charge in [-0.2, -0.15) is 20.1 Å². The van der Waals surface area contributed by atoms with Crippen molar-refractivity contribution in [2.24, 2.45) is 0 Å². The fourth-order valence-electron chi connectivity index (χ4n) is 2.42. The van der Waals surface area contributed by atoms with Crippen LogP contribution in [-0.2, 0) is 0 Å². The van der Waals surface area contributed by atoms with Crippen molar-refractivity contribution in [2.45, 2.75) is 31.8 Å². The predicted octanol–water partition coefficient (Wildman–Crippen LogP) is 1.45. The molecule has 0 saturated carbocycles. The van der Waals surface area contributed by atoms with Crippen molar-refractivity contribution in [1.29, 1.82) is 0 Å². The van der Waals surface area contributed by atoms with Crippen molar-refractivity contribution in [3.63, 3.8) is 0 Å². The van der Waals surface area contributed by atoms with Crippen LogP contribution in [0.5, 0.6) is 0 Å². The van der Waals surface area contributed by atoms with Crippen LogP contribution < -0.4 is 4.90 Å². The van der Waals surface area contributed by atoms with Crippen LogP contribution in [-0.4, -0.2) is 48.5 Å². The number of hydrogen-bond acceptors (Lipinski definition) is 6. The Balaban J connectivity index is 1.88. The van der Waals surface area contributed by atoms with E-state index in [0.29, 0.717) is 24.9 Å². The molecule has 0 radical (unpaired) electrons. The molecule has 2 aromatic heterocycles. The van der Waals surface area contributed by atoms with E-state index in [1.807, 2.05) is 11.8 Å². The minimum atomic E-state index is -0.629. The van der Waals surface area contributed by atoms with Gasteiger partial charge in [0.25, 0.3) is 5.95 Å². The van der Waals surface area contributed by atoms with Crippen LogP contribution in [0.25, 0.3) is 5.95 Å². The van der Waals surface area contributed by atoms with E-state index in [4.69, 9.17) is 11.6 Å². The lowest BCUT2D eigenvalue weighted by molar-refractivity contribution is 0.0481. The highest BCUT2D eigenvalue weighted by Gasteiger charge is 2.26. The summed E-state index contributed by atoms with van der Waals surface area (Å²) in [5.41, 5.74) is -0.629. The molecule has 0 aliphatic carbocycles. The molecule has 1 saturated heterocycles. The molecule has 1 atom stereocenters. The first-order valence-corrected chi connectivity index (χ1v) is 7.30. The maximum Gasteiger partial charge on any atom is 0.256 e. The van der Waals surface area contributed by atoms with Crippen LogP contribution in [0.15, 0.2) is 18.5 Å². The summed E-state index contributed by atoms with van der Waals surface area (Å²) in [6, 6.07) is 1.79. The molecule has 8 heteroatoms. The third-order valence-electron chi connectivity index (χ3n) is 3.64. The number of nitrogens with zero attached hydrogens (tertiary/aromatic N) is 6. The minimum absolute atomic E-state index is 0.140. The smallest absolute Gasteiger partial charge is 0.256 e. The minimum Gasteiger partial charge on any atom is -0.390 e. The summed E-state index contributed by atoms with van der Waals surface area (Å²) in [5, 5.41) is 14.4. The Hall–Kier alpha value is -1.73. The van der Waals surface area contributed by atoms with Gasteiger partial charge in [-0.05, 0) is 43.9 Å². The normalized spacial score (nSPS) is 23.1. The van der Waals surface area contributed by atoms with Gasteiger partial charge < -0.3 is 10.0 Å². The highest BCUT2D eigenvalue weighted by Crippen LogP contribution is 2.24. The van der Waals surface area contributed by atoms with Crippen LogP contribution in [0.4, 0.5) is 5.95 Å². The van der Waals surface area contributed by atoms with E-state index in [0.717, 1.165) is 19.4 Å². The fraction of sp³-hybridized carbons (Fsp3) is 0.538. The first-order chi connectivity index (χ1) is 10.0. The molecular weight excluding hydrogens is 292 g/mol. The lowest BCUT2D eigenvalue weighted by Gasteiger charge is -2.22. The SMILES string of the molecule is CC1(O)CCCN(c2nc(Cl)nc(-n3cccn3)n2)CC1. The van der Waals surface area contributed by atoms with Crippen LogP contribution in [0.2, 0.25) is 5.28 Å². The second kappa shape index (κ2) is 5.57. The third kappa shape index (κ3) is 3.30. The molecule has 3 heterocycles. The van der Waals surface area contributed by atoms with E-state index < -0.39 is 5.60 Å². The van der Waals surface area contributed by atoms with Crippen molar-refractivity contribution < 1.29 is 5.11 Å². The Morgan fingerprint density at radius 1 is 1.19 bits per heavy atom. The Labute approximate surface area is 127 Å². The standard InChI is InChI=1S/C13H17ClN6O/c1-13(21)4-2-7-19(9-5-13)11-16-10(14)17-12(18-11)20-8-3-6-15-20/h3,6,8,21H,2,4-5,7,9H2,1H3. The zero-order valence-corrected chi connectivity index (χ0v) is 12.5. The molecule has 3 rings (SSSR count). The quantitative estimate of drug-likeness (QED) is 0.904. The van der Waals surface area contributed by atoms with Crippen molar-refractivity contribution in [2.75, 3.05) is 18.0 Å². The second-order valence-corrected chi connectivity index (χ2v) is 5.83. The summed E-state index contributed by atoms with van der Waals surface area (Å²) in [5.74, 6) is 0.921. The summed E-state index contributed by atoms with van der Waals surface area (Å²) >= 11 is 6.00. The summed E-state index contributed by atoms with van der Waals surface area (Å²) < 4.78 is 1.55. The van der Waals surface area contributed by atoms with Gasteiger partial charge in [0.05, 0.1) is 5.60 Å². The summed E-state index contributed by atoms with van der Waals surface area (Å²) in [6.07, 6.45) is 5.73. The van der Waals surface area contributed by atoms with Gasteiger partial charge in [-0.15, -0.1) is 0 Å². The highest BCUT2D eigenvalue weighted by molar-refractivity contribution is 6.28. The van der Waals surface area contributed by atoms with Gasteiger partial charge in [-0.25, -0.2) is 4.68 Å². The monoisotopic (exact) mass is 308 g/mol. The lowest BCUT2D eigenvalue weighted by atomic mass is 9.98. The lowest BCUT2D eigenvalue weighted by Crippen LogP contribution is -2.29. The molecule has 1 aliphatic heterocycles. The molecule has 2 aromatic rings. The number of hydrogen-bond donors (Lipinski definition) is 1. The molecule has 0 aromatic carbocycles. The van der Waals surface area contributed by atoms with E-state index in [9.17, 15) is 5.11 Å². The first kappa shape index (κ1) is 14.2. The molecule has 21 heavy (non-hydrogen) atoms. The number of rotatable bonds is 2. The maximum absolute atomic E-state index is 10.2. The van der Waals surface area contributed by atoms with E-state index in [1.54, 1.807) is 23.1 Å². The van der Waals surface area contributed by atoms with Crippen LogP contribution in [0.1, 0.15) is 26.2 Å². The molecule has 0 amide bonds. The molecule has 112 valence electrons. The molecular formula is C13H17ClN6O. The van der Waals surface area contributed by atoms with Gasteiger partial charge in [0.1, 0.15) is 0 Å². The van der Waals surface area contributed by atoms with E-state index in [2.05, 4.69) is 20.1 Å². The van der Waals surface area contributed by atoms with E-state index in [1.165, 1.54) is 0 Å². The summed E-state index contributed by atoms with van der Waals surface area (Å²) in [6.45, 7) is 3.34. The van der Waals surface area contributed by atoms with Crippen molar-refractivity contribution in [3.8, 4) is 5.95 Å². The van der Waals surface area contributed by atoms with Crippen molar-refractivity contribution in [3.05, 3.63) is 23.7 Å². The zero-order chi connectivity index (χ0) is 14.9. The van der Waals surface area contributed by atoms with E-state index >= 15 is 0 Å². The second-order valence-electron chi connectivity index (χ2n) is 5.49.